The average molecular weight is 267 g/mol. The van der Waals surface area contributed by atoms with Gasteiger partial charge in [-0.15, -0.1) is 0 Å². The van der Waals surface area contributed by atoms with Gasteiger partial charge in [0, 0.05) is 25.1 Å². The molecule has 2 aromatic heterocycles. The van der Waals surface area contributed by atoms with Crippen molar-refractivity contribution in [2.75, 3.05) is 12.3 Å². The molecule has 2 rings (SSSR count). The van der Waals surface area contributed by atoms with Crippen molar-refractivity contribution < 1.29 is 8.42 Å². The van der Waals surface area contributed by atoms with Crippen molar-refractivity contribution in [1.29, 1.82) is 0 Å². The van der Waals surface area contributed by atoms with E-state index in [1.54, 1.807) is 16.9 Å². The zero-order chi connectivity index (χ0) is 13.0. The molecule has 0 aliphatic carbocycles. The Morgan fingerprint density at radius 3 is 2.83 bits per heavy atom. The van der Waals surface area contributed by atoms with E-state index >= 15 is 0 Å². The molecule has 0 spiro atoms. The fraction of sp³-hybridized carbons (Fsp3) is 0.200. The topological polar surface area (TPSA) is 103 Å². The predicted molar refractivity (Wildman–Crippen MR) is 66.1 cm³/mol. The summed E-state index contributed by atoms with van der Waals surface area (Å²) in [7, 11) is -3.51. The van der Waals surface area contributed by atoms with Gasteiger partial charge >= 0.3 is 0 Å². The highest BCUT2D eigenvalue weighted by molar-refractivity contribution is 7.89. The molecule has 0 saturated heterocycles. The van der Waals surface area contributed by atoms with Gasteiger partial charge in [0.25, 0.3) is 0 Å². The second-order valence-corrected chi connectivity index (χ2v) is 5.39. The minimum absolute atomic E-state index is 0.143. The first-order valence-corrected chi connectivity index (χ1v) is 6.74. The second-order valence-electron chi connectivity index (χ2n) is 3.62. The lowest BCUT2D eigenvalue weighted by atomic mass is 10.5. The summed E-state index contributed by atoms with van der Waals surface area (Å²) < 4.78 is 27.7. The summed E-state index contributed by atoms with van der Waals surface area (Å²) in [5.74, 6) is 0. The van der Waals surface area contributed by atoms with Crippen molar-refractivity contribution in [2.24, 2.45) is 0 Å². The zero-order valence-corrected chi connectivity index (χ0v) is 10.3. The van der Waals surface area contributed by atoms with Crippen LogP contribution in [0.5, 0.6) is 0 Å². The van der Waals surface area contributed by atoms with Crippen LogP contribution in [0.25, 0.3) is 0 Å². The van der Waals surface area contributed by atoms with E-state index in [2.05, 4.69) is 14.8 Å². The summed E-state index contributed by atoms with van der Waals surface area (Å²) in [5.41, 5.74) is 6.04. The van der Waals surface area contributed by atoms with Crippen LogP contribution in [0.4, 0.5) is 5.69 Å². The van der Waals surface area contributed by atoms with Gasteiger partial charge in [-0.3, -0.25) is 9.67 Å². The van der Waals surface area contributed by atoms with Crippen LogP contribution in [0.3, 0.4) is 0 Å². The molecule has 0 radical (unpaired) electrons. The molecule has 0 aliphatic heterocycles. The van der Waals surface area contributed by atoms with E-state index < -0.39 is 10.0 Å². The number of nitrogens with zero attached hydrogens (tertiary/aromatic N) is 3. The molecule has 0 saturated carbocycles. The summed E-state index contributed by atoms with van der Waals surface area (Å²) in [6, 6.07) is 3.06. The van der Waals surface area contributed by atoms with E-state index in [1.807, 2.05) is 0 Å². The maximum absolute atomic E-state index is 11.8. The summed E-state index contributed by atoms with van der Waals surface area (Å²) in [6.45, 7) is 0.648. The Labute approximate surface area is 105 Å². The summed E-state index contributed by atoms with van der Waals surface area (Å²) >= 11 is 0. The minimum atomic E-state index is -3.51. The Bertz CT molecular complexity index is 608. The maximum atomic E-state index is 11.8. The SMILES string of the molecule is Nc1cnn(CCNS(=O)(=O)c2cccnc2)c1. The Kier molecular flexibility index (Phi) is 3.58. The molecule has 2 heterocycles. The Balaban J connectivity index is 1.94. The normalized spacial score (nSPS) is 11.6. The number of anilines is 1. The number of aromatic nitrogens is 3. The number of nitrogens with one attached hydrogen (secondary N) is 1. The second kappa shape index (κ2) is 5.15. The minimum Gasteiger partial charge on any atom is -0.396 e. The molecule has 0 amide bonds. The van der Waals surface area contributed by atoms with E-state index in [1.165, 1.54) is 24.7 Å². The first-order chi connectivity index (χ1) is 8.58. The van der Waals surface area contributed by atoms with Crippen molar-refractivity contribution in [3.63, 3.8) is 0 Å². The van der Waals surface area contributed by atoms with Crippen LogP contribution in [0, 0.1) is 0 Å². The van der Waals surface area contributed by atoms with Crippen LogP contribution in [-0.4, -0.2) is 29.7 Å². The highest BCUT2D eigenvalue weighted by Crippen LogP contribution is 2.05. The van der Waals surface area contributed by atoms with Crippen molar-refractivity contribution >= 4 is 15.7 Å². The molecule has 0 atom stereocenters. The quantitative estimate of drug-likeness (QED) is 0.783. The zero-order valence-electron chi connectivity index (χ0n) is 9.52. The number of nitrogens with two attached hydrogens (primary N) is 1. The van der Waals surface area contributed by atoms with Gasteiger partial charge in [0.1, 0.15) is 4.90 Å². The molecule has 7 nitrogen and oxygen atoms in total. The van der Waals surface area contributed by atoms with Gasteiger partial charge in [-0.1, -0.05) is 0 Å². The summed E-state index contributed by atoms with van der Waals surface area (Å²) in [4.78, 5) is 3.91. The van der Waals surface area contributed by atoms with Crippen LogP contribution in [-0.2, 0) is 16.6 Å². The van der Waals surface area contributed by atoms with Crippen molar-refractivity contribution in [1.82, 2.24) is 19.5 Å². The molecule has 3 N–H and O–H groups in total. The third kappa shape index (κ3) is 3.05. The Morgan fingerprint density at radius 1 is 1.39 bits per heavy atom. The molecular weight excluding hydrogens is 254 g/mol. The highest BCUT2D eigenvalue weighted by atomic mass is 32.2. The smallest absolute Gasteiger partial charge is 0.242 e. The number of hydrogen-bond acceptors (Lipinski definition) is 5. The van der Waals surface area contributed by atoms with E-state index in [9.17, 15) is 8.42 Å². The fourth-order valence-corrected chi connectivity index (χ4v) is 2.37. The largest absolute Gasteiger partial charge is 0.396 e. The molecule has 0 aromatic carbocycles. The molecule has 2 aromatic rings. The van der Waals surface area contributed by atoms with E-state index in [4.69, 9.17) is 5.73 Å². The van der Waals surface area contributed by atoms with Crippen LogP contribution in [0.1, 0.15) is 0 Å². The van der Waals surface area contributed by atoms with Gasteiger partial charge in [-0.05, 0) is 12.1 Å². The molecule has 18 heavy (non-hydrogen) atoms. The van der Waals surface area contributed by atoms with Gasteiger partial charge in [-0.2, -0.15) is 5.10 Å². The van der Waals surface area contributed by atoms with Gasteiger partial charge in [0.2, 0.25) is 10.0 Å². The third-order valence-corrected chi connectivity index (χ3v) is 3.68. The monoisotopic (exact) mass is 267 g/mol. The Morgan fingerprint density at radius 2 is 2.22 bits per heavy atom. The van der Waals surface area contributed by atoms with Crippen LogP contribution >= 0.6 is 0 Å². The standard InChI is InChI=1S/C10H13N5O2S/c11-9-6-13-15(8-9)5-4-14-18(16,17)10-2-1-3-12-7-10/h1-3,6-8,14H,4-5,11H2. The number of hydrogen-bond donors (Lipinski definition) is 2. The van der Waals surface area contributed by atoms with Crippen molar-refractivity contribution in [2.45, 2.75) is 11.4 Å². The third-order valence-electron chi connectivity index (χ3n) is 2.23. The lowest BCUT2D eigenvalue weighted by molar-refractivity contribution is 0.560. The maximum Gasteiger partial charge on any atom is 0.242 e. The summed E-state index contributed by atoms with van der Waals surface area (Å²) in [5, 5.41) is 3.95. The van der Waals surface area contributed by atoms with E-state index in [0.717, 1.165) is 0 Å². The van der Waals surface area contributed by atoms with Crippen LogP contribution < -0.4 is 10.5 Å². The first-order valence-electron chi connectivity index (χ1n) is 5.25. The van der Waals surface area contributed by atoms with Gasteiger partial charge in [0.05, 0.1) is 18.4 Å². The number of pyridine rings is 1. The van der Waals surface area contributed by atoms with E-state index in [0.29, 0.717) is 12.2 Å². The lowest BCUT2D eigenvalue weighted by Gasteiger charge is -2.06. The van der Waals surface area contributed by atoms with E-state index in [-0.39, 0.29) is 11.4 Å². The molecule has 96 valence electrons. The van der Waals surface area contributed by atoms with Crippen LogP contribution in [0.2, 0.25) is 0 Å². The fourth-order valence-electron chi connectivity index (χ4n) is 1.39. The molecule has 0 aliphatic rings. The lowest BCUT2D eigenvalue weighted by Crippen LogP contribution is -2.27. The van der Waals surface area contributed by atoms with Gasteiger partial charge in [-0.25, -0.2) is 13.1 Å². The number of sulfonamides is 1. The molecule has 0 fully saturated rings. The number of rotatable bonds is 5. The molecule has 0 bridgehead atoms. The Hall–Kier alpha value is -1.93. The average Bonchev–Trinajstić information content (AvgIpc) is 2.76. The number of nitrogen functional groups attached to an aromatic ring is 1. The predicted octanol–water partition coefficient (Wildman–Crippen LogP) is -0.161. The van der Waals surface area contributed by atoms with Crippen LogP contribution in [0.15, 0.2) is 41.8 Å². The first kappa shape index (κ1) is 12.5. The van der Waals surface area contributed by atoms with Gasteiger partial charge in [0.15, 0.2) is 0 Å². The van der Waals surface area contributed by atoms with Crippen molar-refractivity contribution in [3.05, 3.63) is 36.9 Å². The highest BCUT2D eigenvalue weighted by Gasteiger charge is 2.12. The van der Waals surface area contributed by atoms with Crippen molar-refractivity contribution in [3.8, 4) is 0 Å². The molecule has 0 unspecified atom stereocenters. The summed E-state index contributed by atoms with van der Waals surface area (Å²) in [6.07, 6.45) is 5.97. The molecule has 8 heteroatoms. The molecular formula is C10H13N5O2S. The van der Waals surface area contributed by atoms with Gasteiger partial charge < -0.3 is 5.73 Å².